The van der Waals surface area contributed by atoms with Crippen LogP contribution in [0.4, 0.5) is 0 Å². The minimum atomic E-state index is 0. The van der Waals surface area contributed by atoms with Gasteiger partial charge in [-0.25, -0.2) is 0 Å². The van der Waals surface area contributed by atoms with Crippen molar-refractivity contribution in [3.8, 4) is 0 Å². The molecule has 0 spiro atoms. The molecule has 0 aromatic carbocycles. The van der Waals surface area contributed by atoms with Crippen LogP contribution in [0.3, 0.4) is 0 Å². The van der Waals surface area contributed by atoms with Crippen molar-refractivity contribution in [3.05, 3.63) is 0 Å². The summed E-state index contributed by atoms with van der Waals surface area (Å²) in [5.74, 6) is 0. The third-order valence-electron chi connectivity index (χ3n) is 0. The van der Waals surface area contributed by atoms with Gasteiger partial charge in [0.25, 0.3) is 0 Å². The molecule has 0 rings (SSSR count). The predicted octanol–water partition coefficient (Wildman–Crippen LogP) is -1.96. The molecule has 4 heteroatoms. The van der Waals surface area contributed by atoms with Gasteiger partial charge in [0.1, 0.15) is 0 Å². The van der Waals surface area contributed by atoms with Gasteiger partial charge in [0.05, 0.1) is 0 Å². The van der Waals surface area contributed by atoms with Gasteiger partial charge in [-0.15, -0.1) is 0 Å². The SMILES string of the molecule is N.O.[KH].[NaH]. The summed E-state index contributed by atoms with van der Waals surface area (Å²) in [6.45, 7) is 0. The van der Waals surface area contributed by atoms with E-state index in [9.17, 15) is 0 Å². The zero-order chi connectivity index (χ0) is 0. The molecule has 0 heterocycles. The van der Waals surface area contributed by atoms with Crippen molar-refractivity contribution in [2.75, 3.05) is 0 Å². The first kappa shape index (κ1) is 31.0. The molecule has 0 atom stereocenters. The maximum absolute atomic E-state index is 0. The van der Waals surface area contributed by atoms with Crippen molar-refractivity contribution in [2.45, 2.75) is 0 Å². The Morgan fingerprint density at radius 3 is 1.00 bits per heavy atom. The molecule has 2 nitrogen and oxygen atoms in total. The van der Waals surface area contributed by atoms with E-state index in [0.29, 0.717) is 0 Å². The molecular formula is H7KNNaO. The van der Waals surface area contributed by atoms with E-state index in [2.05, 4.69) is 0 Å². The van der Waals surface area contributed by atoms with Gasteiger partial charge in [0, 0.05) is 0 Å². The van der Waals surface area contributed by atoms with Gasteiger partial charge in [-0.3, -0.25) is 0 Å². The fourth-order valence-electron chi connectivity index (χ4n) is 0. The van der Waals surface area contributed by atoms with Crippen LogP contribution < -0.4 is 6.15 Å². The fraction of sp³-hybridized carbons (Fsp3) is 0. The quantitative estimate of drug-likeness (QED) is 0.352. The molecule has 0 fully saturated rings. The van der Waals surface area contributed by atoms with Gasteiger partial charge >= 0.3 is 80.9 Å². The van der Waals surface area contributed by atoms with Gasteiger partial charge in [-0.05, 0) is 0 Å². The zero-order valence-corrected chi connectivity index (χ0v) is 1.21. The van der Waals surface area contributed by atoms with Crippen LogP contribution in [-0.2, 0) is 0 Å². The van der Waals surface area contributed by atoms with E-state index in [-0.39, 0.29) is 92.6 Å². The second-order valence-corrected chi connectivity index (χ2v) is 0. The van der Waals surface area contributed by atoms with Crippen LogP contribution in [-0.4, -0.2) is 86.4 Å². The normalized spacial score (nSPS) is 0. The molecule has 0 aromatic rings. The summed E-state index contributed by atoms with van der Waals surface area (Å²) in [5, 5.41) is 0. The fourth-order valence-corrected chi connectivity index (χ4v) is 0. The summed E-state index contributed by atoms with van der Waals surface area (Å²) in [5.41, 5.74) is 0. The van der Waals surface area contributed by atoms with Gasteiger partial charge in [-0.2, -0.15) is 0 Å². The van der Waals surface area contributed by atoms with Crippen LogP contribution in [0.5, 0.6) is 0 Å². The average molecular weight is 99.1 g/mol. The number of hydrogen-bond donors (Lipinski definition) is 1. The molecule has 0 aliphatic carbocycles. The van der Waals surface area contributed by atoms with Gasteiger partial charge in [0.15, 0.2) is 0 Å². The molecule has 5 N–H and O–H groups in total. The number of rotatable bonds is 0. The molecule has 0 unspecified atom stereocenters. The van der Waals surface area contributed by atoms with Crippen molar-refractivity contribution in [1.29, 1.82) is 0 Å². The summed E-state index contributed by atoms with van der Waals surface area (Å²) >= 11 is 0. The molecule has 20 valence electrons. The molecular weight excluding hydrogens is 92.1 g/mol. The Balaban J connectivity index is 0. The van der Waals surface area contributed by atoms with E-state index in [4.69, 9.17) is 0 Å². The van der Waals surface area contributed by atoms with Gasteiger partial charge in [0.2, 0.25) is 0 Å². The van der Waals surface area contributed by atoms with Gasteiger partial charge < -0.3 is 11.6 Å². The van der Waals surface area contributed by atoms with Gasteiger partial charge in [-0.1, -0.05) is 0 Å². The summed E-state index contributed by atoms with van der Waals surface area (Å²) in [6, 6.07) is 0. The maximum atomic E-state index is 0. The summed E-state index contributed by atoms with van der Waals surface area (Å²) in [6.07, 6.45) is 0. The predicted molar refractivity (Wildman–Crippen MR) is 22.9 cm³/mol. The molecule has 4 heavy (non-hydrogen) atoms. The molecule has 0 bridgehead atoms. The Morgan fingerprint density at radius 2 is 1.00 bits per heavy atom. The van der Waals surface area contributed by atoms with Crippen molar-refractivity contribution >= 4 is 80.9 Å². The molecule has 0 radical (unpaired) electrons. The first-order chi connectivity index (χ1) is 0. The summed E-state index contributed by atoms with van der Waals surface area (Å²) in [4.78, 5) is 0. The molecule has 0 saturated carbocycles. The Hall–Kier alpha value is 2.56. The van der Waals surface area contributed by atoms with E-state index in [1.165, 1.54) is 0 Å². The second-order valence-electron chi connectivity index (χ2n) is 0. The summed E-state index contributed by atoms with van der Waals surface area (Å²) < 4.78 is 0. The first-order valence-corrected chi connectivity index (χ1v) is 0. The Labute approximate surface area is 90.3 Å². The zero-order valence-electron chi connectivity index (χ0n) is 1.21. The third kappa shape index (κ3) is 8.82. The van der Waals surface area contributed by atoms with Crippen molar-refractivity contribution < 1.29 is 5.48 Å². The standard InChI is InChI=1S/K.H3N.Na.H2O.2H/h;1H3;;1H2;;. The average Bonchev–Trinajstić information content (AvgIpc) is 0. The van der Waals surface area contributed by atoms with Crippen LogP contribution in [0, 0.1) is 0 Å². The topological polar surface area (TPSA) is 66.5 Å². The van der Waals surface area contributed by atoms with E-state index in [1.54, 1.807) is 0 Å². The molecule has 0 saturated heterocycles. The van der Waals surface area contributed by atoms with Crippen LogP contribution in [0.1, 0.15) is 0 Å². The Bertz CT molecular complexity index is 8.00. The third-order valence-corrected chi connectivity index (χ3v) is 0. The molecule has 0 aromatic heterocycles. The van der Waals surface area contributed by atoms with Crippen LogP contribution >= 0.6 is 0 Å². The Morgan fingerprint density at radius 1 is 1.00 bits per heavy atom. The van der Waals surface area contributed by atoms with Crippen LogP contribution in [0.2, 0.25) is 0 Å². The van der Waals surface area contributed by atoms with E-state index in [1.807, 2.05) is 0 Å². The molecule has 0 amide bonds. The summed E-state index contributed by atoms with van der Waals surface area (Å²) in [7, 11) is 0. The van der Waals surface area contributed by atoms with E-state index < -0.39 is 0 Å². The van der Waals surface area contributed by atoms with Crippen LogP contribution in [0.25, 0.3) is 0 Å². The van der Waals surface area contributed by atoms with Crippen LogP contribution in [0.15, 0.2) is 0 Å². The van der Waals surface area contributed by atoms with Crippen molar-refractivity contribution in [2.24, 2.45) is 0 Å². The second kappa shape index (κ2) is 17.7. The van der Waals surface area contributed by atoms with E-state index in [0.717, 1.165) is 0 Å². The first-order valence-electron chi connectivity index (χ1n) is 0. The minimum absolute atomic E-state index is 0. The molecule has 0 aliphatic rings. The molecule has 0 aliphatic heterocycles. The van der Waals surface area contributed by atoms with Crippen molar-refractivity contribution in [3.63, 3.8) is 0 Å². The van der Waals surface area contributed by atoms with E-state index >= 15 is 0 Å². The number of hydrogen-bond acceptors (Lipinski definition) is 1. The Kier molecular flexibility index (Phi) is 137. The monoisotopic (exact) mass is 99.0 g/mol. The van der Waals surface area contributed by atoms with Crippen molar-refractivity contribution in [1.82, 2.24) is 6.15 Å².